The van der Waals surface area contributed by atoms with Crippen LogP contribution in [0.25, 0.3) is 0 Å². The molecule has 0 aromatic carbocycles. The molecular weight excluding hydrogens is 1430 g/mol. The normalized spacial score (nSPS) is 14.0. The first-order valence-electron chi connectivity index (χ1n) is 47.0. The van der Waals surface area contributed by atoms with E-state index in [0.29, 0.717) is 31.6 Å². The van der Waals surface area contributed by atoms with Crippen molar-refractivity contribution >= 4 is 39.5 Å². The van der Waals surface area contributed by atoms with Gasteiger partial charge in [0.25, 0.3) is 0 Å². The van der Waals surface area contributed by atoms with Crippen LogP contribution in [0, 0.1) is 11.8 Å². The molecule has 0 heterocycles. The van der Waals surface area contributed by atoms with E-state index in [9.17, 15) is 43.2 Å². The van der Waals surface area contributed by atoms with Gasteiger partial charge >= 0.3 is 39.5 Å². The molecule has 0 aliphatic rings. The predicted octanol–water partition coefficient (Wildman–Crippen LogP) is 28.2. The third-order valence-electron chi connectivity index (χ3n) is 21.8. The van der Waals surface area contributed by atoms with Crippen molar-refractivity contribution in [2.45, 2.75) is 509 Å². The van der Waals surface area contributed by atoms with Gasteiger partial charge < -0.3 is 33.8 Å². The van der Waals surface area contributed by atoms with Crippen molar-refractivity contribution in [3.8, 4) is 0 Å². The van der Waals surface area contributed by atoms with E-state index in [-0.39, 0.29) is 25.7 Å². The summed E-state index contributed by atoms with van der Waals surface area (Å²) in [5.74, 6) is -0.549. The number of aliphatic hydroxyl groups is 1. The van der Waals surface area contributed by atoms with E-state index >= 15 is 0 Å². The third kappa shape index (κ3) is 82.6. The number of aliphatic hydroxyl groups excluding tert-OH is 1. The molecule has 0 fully saturated rings. The zero-order valence-electron chi connectivity index (χ0n) is 72.6. The van der Waals surface area contributed by atoms with E-state index < -0.39 is 97.5 Å². The minimum atomic E-state index is -4.97. The van der Waals surface area contributed by atoms with Gasteiger partial charge in [-0.3, -0.25) is 37.3 Å². The Morgan fingerprint density at radius 3 is 0.691 bits per heavy atom. The summed E-state index contributed by atoms with van der Waals surface area (Å²) in [4.78, 5) is 73.3. The van der Waals surface area contributed by atoms with Crippen molar-refractivity contribution in [2.75, 3.05) is 39.6 Å². The van der Waals surface area contributed by atoms with Crippen LogP contribution in [-0.2, 0) is 65.4 Å². The van der Waals surface area contributed by atoms with Crippen molar-refractivity contribution in [3.05, 3.63) is 0 Å². The maximum absolute atomic E-state index is 13.2. The van der Waals surface area contributed by atoms with E-state index in [1.165, 1.54) is 302 Å². The minimum Gasteiger partial charge on any atom is -0.462 e. The van der Waals surface area contributed by atoms with Crippen LogP contribution < -0.4 is 0 Å². The Bertz CT molecular complexity index is 2100. The summed E-state index contributed by atoms with van der Waals surface area (Å²) < 4.78 is 69.0. The van der Waals surface area contributed by atoms with Crippen LogP contribution in [-0.4, -0.2) is 96.7 Å². The Hall–Kier alpha value is -1.94. The second-order valence-electron chi connectivity index (χ2n) is 33.4. The summed E-state index contributed by atoms with van der Waals surface area (Å²) >= 11 is 0. The standard InChI is InChI=1S/C91H178O17P2/c1-7-10-12-14-16-18-20-22-24-26-28-30-34-38-42-46-50-54-61-67-73-88(93)101-79-86(107-90(95)75-69-63-56-52-48-44-40-36-32-31-33-37-41-45-49-53-60-66-72-84(6)9-3)81-105-109(97,98)103-77-85(92)78-104-110(99,100)106-82-87(80-102-89(94)74-68-62-58-57-59-65-71-83(4)5)108-91(96)76-70-64-55-51-47-43-39-35-29-27-25-23-21-19-17-15-13-11-8-2/h83-87,92H,7-82H2,1-6H3,(H,97,98)(H,99,100)/t84?,85-,86-,87-/m1/s1. The van der Waals surface area contributed by atoms with Crippen LogP contribution in [0.5, 0.6) is 0 Å². The van der Waals surface area contributed by atoms with Gasteiger partial charge in [0.1, 0.15) is 19.3 Å². The van der Waals surface area contributed by atoms with Gasteiger partial charge in [-0.05, 0) is 37.5 Å². The molecule has 0 amide bonds. The number of phosphoric acid groups is 2. The highest BCUT2D eigenvalue weighted by molar-refractivity contribution is 7.47. The summed E-state index contributed by atoms with van der Waals surface area (Å²) in [6.07, 6.45) is 76.7. The highest BCUT2D eigenvalue weighted by Gasteiger charge is 2.31. The van der Waals surface area contributed by atoms with Crippen LogP contribution in [0.1, 0.15) is 491 Å². The molecule has 19 heteroatoms. The number of esters is 4. The van der Waals surface area contributed by atoms with Crippen LogP contribution >= 0.6 is 15.6 Å². The van der Waals surface area contributed by atoms with Gasteiger partial charge in [-0.1, -0.05) is 440 Å². The third-order valence-corrected chi connectivity index (χ3v) is 23.7. The number of carbonyl (C=O) groups is 4. The Morgan fingerprint density at radius 1 is 0.264 bits per heavy atom. The predicted molar refractivity (Wildman–Crippen MR) is 455 cm³/mol. The number of unbranched alkanes of at least 4 members (excludes halogenated alkanes) is 59. The van der Waals surface area contributed by atoms with Gasteiger partial charge in [-0.15, -0.1) is 0 Å². The fourth-order valence-corrected chi connectivity index (χ4v) is 15.9. The van der Waals surface area contributed by atoms with Crippen molar-refractivity contribution in [1.29, 1.82) is 0 Å². The van der Waals surface area contributed by atoms with E-state index in [0.717, 1.165) is 102 Å². The largest absolute Gasteiger partial charge is 0.472 e. The fraction of sp³-hybridized carbons (Fsp3) is 0.956. The Kier molecular flexibility index (Phi) is 80.7. The van der Waals surface area contributed by atoms with Crippen molar-refractivity contribution in [2.24, 2.45) is 11.8 Å². The molecule has 0 aliphatic heterocycles. The summed E-state index contributed by atoms with van der Waals surface area (Å²) in [5.41, 5.74) is 0. The highest BCUT2D eigenvalue weighted by atomic mass is 31.2. The summed E-state index contributed by atoms with van der Waals surface area (Å²) in [7, 11) is -9.93. The number of hydrogen-bond acceptors (Lipinski definition) is 15. The van der Waals surface area contributed by atoms with Crippen molar-refractivity contribution in [3.63, 3.8) is 0 Å². The Labute approximate surface area is 677 Å². The zero-order valence-corrected chi connectivity index (χ0v) is 74.4. The summed E-state index contributed by atoms with van der Waals surface area (Å²) in [5, 5.41) is 10.7. The summed E-state index contributed by atoms with van der Waals surface area (Å²) in [6, 6.07) is 0. The molecule has 654 valence electrons. The van der Waals surface area contributed by atoms with Gasteiger partial charge in [0.15, 0.2) is 12.2 Å². The van der Waals surface area contributed by atoms with Gasteiger partial charge in [-0.25, -0.2) is 9.13 Å². The molecule has 0 rings (SSSR count). The number of carbonyl (C=O) groups excluding carboxylic acids is 4. The van der Waals surface area contributed by atoms with E-state index in [4.69, 9.17) is 37.0 Å². The van der Waals surface area contributed by atoms with Gasteiger partial charge in [0, 0.05) is 25.7 Å². The Morgan fingerprint density at radius 2 is 0.464 bits per heavy atom. The first kappa shape index (κ1) is 108. The molecule has 0 aromatic heterocycles. The van der Waals surface area contributed by atoms with Gasteiger partial charge in [0.2, 0.25) is 0 Å². The van der Waals surface area contributed by atoms with E-state index in [1.54, 1.807) is 0 Å². The fourth-order valence-electron chi connectivity index (χ4n) is 14.3. The van der Waals surface area contributed by atoms with E-state index in [1.807, 2.05) is 0 Å². The lowest BCUT2D eigenvalue weighted by Crippen LogP contribution is -2.30. The molecule has 0 radical (unpaired) electrons. The molecule has 0 bridgehead atoms. The van der Waals surface area contributed by atoms with Gasteiger partial charge in [0.05, 0.1) is 26.4 Å². The monoisotopic (exact) mass is 1610 g/mol. The maximum Gasteiger partial charge on any atom is 0.472 e. The zero-order chi connectivity index (χ0) is 80.6. The smallest absolute Gasteiger partial charge is 0.462 e. The molecule has 0 aliphatic carbocycles. The van der Waals surface area contributed by atoms with Crippen LogP contribution in [0.15, 0.2) is 0 Å². The average Bonchev–Trinajstić information content (AvgIpc) is 0.899. The minimum absolute atomic E-state index is 0.108. The highest BCUT2D eigenvalue weighted by Crippen LogP contribution is 2.45. The van der Waals surface area contributed by atoms with Crippen LogP contribution in [0.2, 0.25) is 0 Å². The molecule has 0 aromatic rings. The molecule has 3 N–H and O–H groups in total. The molecule has 17 nitrogen and oxygen atoms in total. The lowest BCUT2D eigenvalue weighted by atomic mass is 9.99. The lowest BCUT2D eigenvalue weighted by Gasteiger charge is -2.21. The topological polar surface area (TPSA) is 237 Å². The number of phosphoric ester groups is 2. The molecular formula is C91H178O17P2. The molecule has 110 heavy (non-hydrogen) atoms. The number of rotatable bonds is 90. The second-order valence-corrected chi connectivity index (χ2v) is 36.3. The van der Waals surface area contributed by atoms with Crippen molar-refractivity contribution in [1.82, 2.24) is 0 Å². The van der Waals surface area contributed by atoms with E-state index in [2.05, 4.69) is 41.5 Å². The molecule has 6 atom stereocenters. The van der Waals surface area contributed by atoms with Crippen molar-refractivity contribution < 1.29 is 80.2 Å². The average molecular weight is 1610 g/mol. The second kappa shape index (κ2) is 82.2. The van der Waals surface area contributed by atoms with Gasteiger partial charge in [-0.2, -0.15) is 0 Å². The summed E-state index contributed by atoms with van der Waals surface area (Å²) in [6.45, 7) is 9.68. The first-order chi connectivity index (χ1) is 53.4. The number of ether oxygens (including phenoxy) is 4. The Balaban J connectivity index is 5.19. The maximum atomic E-state index is 13.2. The lowest BCUT2D eigenvalue weighted by molar-refractivity contribution is -0.161. The quantitative estimate of drug-likeness (QED) is 0.0222. The molecule has 3 unspecified atom stereocenters. The van der Waals surface area contributed by atoms with Crippen LogP contribution in [0.4, 0.5) is 0 Å². The SMILES string of the molecule is CCCCCCCCCCCCCCCCCCCCCCC(=O)OC[C@H](COP(=O)(O)OC[C@@H](O)COP(=O)(O)OC[C@@H](COC(=O)CCCCCCCCC(C)C)OC(=O)CCCCCCCCCCCCCCCCCCCCC)OC(=O)CCCCCCCCCCCCCCCCCCCCC(C)CC. The molecule has 0 saturated carbocycles. The number of hydrogen-bond donors (Lipinski definition) is 3. The molecule has 0 saturated heterocycles. The molecule has 0 spiro atoms. The first-order valence-corrected chi connectivity index (χ1v) is 50.0. The van der Waals surface area contributed by atoms with Crippen LogP contribution in [0.3, 0.4) is 0 Å².